The summed E-state index contributed by atoms with van der Waals surface area (Å²) >= 11 is 0. The predicted molar refractivity (Wildman–Crippen MR) is 97.6 cm³/mol. The molecule has 5 nitrogen and oxygen atoms in total. The lowest BCUT2D eigenvalue weighted by Crippen LogP contribution is -2.12. The van der Waals surface area contributed by atoms with Crippen LogP contribution in [0.5, 0.6) is 0 Å². The Morgan fingerprint density at radius 3 is 2.56 bits per heavy atom. The van der Waals surface area contributed by atoms with Crippen molar-refractivity contribution >= 4 is 17.1 Å². The Morgan fingerprint density at radius 2 is 1.80 bits per heavy atom. The van der Waals surface area contributed by atoms with Crippen LogP contribution < -0.4 is 5.32 Å². The van der Waals surface area contributed by atoms with Gasteiger partial charge < -0.3 is 5.32 Å². The maximum atomic E-state index is 12.6. The maximum absolute atomic E-state index is 12.6. The summed E-state index contributed by atoms with van der Waals surface area (Å²) in [5, 5.41) is 7.28. The van der Waals surface area contributed by atoms with Crippen molar-refractivity contribution < 1.29 is 4.79 Å². The van der Waals surface area contributed by atoms with Crippen molar-refractivity contribution in [1.29, 1.82) is 0 Å². The number of hydrogen-bond acceptors (Lipinski definition) is 3. The predicted octanol–water partition coefficient (Wildman–Crippen LogP) is 3.96. The number of carbonyl (C=O) groups is 1. The number of nitrogens with one attached hydrogen (secondary N) is 1. The minimum atomic E-state index is -0.145. The molecule has 0 saturated heterocycles. The van der Waals surface area contributed by atoms with Crippen LogP contribution in [0.15, 0.2) is 73.3 Å². The lowest BCUT2D eigenvalue weighted by Gasteiger charge is -2.07. The lowest BCUT2D eigenvalue weighted by atomic mass is 10.1. The highest BCUT2D eigenvalue weighted by molar-refractivity contribution is 6.05. The van der Waals surface area contributed by atoms with Gasteiger partial charge >= 0.3 is 0 Å². The molecule has 122 valence electrons. The van der Waals surface area contributed by atoms with Crippen LogP contribution in [0.3, 0.4) is 0 Å². The first-order chi connectivity index (χ1) is 12.2. The Labute approximate surface area is 145 Å². The van der Waals surface area contributed by atoms with Crippen molar-refractivity contribution in [2.24, 2.45) is 0 Å². The molecule has 4 aromatic rings. The highest BCUT2D eigenvalue weighted by Crippen LogP contribution is 2.24. The number of carbonyl (C=O) groups excluding carboxylic acids is 1. The Hall–Kier alpha value is -3.47. The second kappa shape index (κ2) is 6.20. The van der Waals surface area contributed by atoms with Crippen LogP contribution in [0.25, 0.3) is 16.6 Å². The van der Waals surface area contributed by atoms with Gasteiger partial charge in [-0.05, 0) is 48.9 Å². The van der Waals surface area contributed by atoms with Crippen LogP contribution in [0.2, 0.25) is 0 Å². The second-order valence-corrected chi connectivity index (χ2v) is 5.86. The van der Waals surface area contributed by atoms with Gasteiger partial charge in [0.15, 0.2) is 0 Å². The number of hydrogen-bond donors (Lipinski definition) is 1. The summed E-state index contributed by atoms with van der Waals surface area (Å²) in [5.41, 5.74) is 5.37. The molecule has 1 N–H and O–H groups in total. The highest BCUT2D eigenvalue weighted by atomic mass is 16.1. The normalized spacial score (nSPS) is 10.8. The number of aryl methyl sites for hydroxylation is 1. The zero-order valence-corrected chi connectivity index (χ0v) is 13.7. The first kappa shape index (κ1) is 15.1. The minimum absolute atomic E-state index is 0.145. The van der Waals surface area contributed by atoms with E-state index in [0.29, 0.717) is 5.56 Å². The first-order valence-corrected chi connectivity index (χ1v) is 7.96. The van der Waals surface area contributed by atoms with E-state index in [-0.39, 0.29) is 5.91 Å². The number of fused-ring (bicyclic) bond motifs is 1. The molecule has 25 heavy (non-hydrogen) atoms. The highest BCUT2D eigenvalue weighted by Gasteiger charge is 2.11. The molecule has 0 aliphatic carbocycles. The molecule has 3 aromatic heterocycles. The zero-order valence-electron chi connectivity index (χ0n) is 13.7. The molecule has 0 radical (unpaired) electrons. The molecule has 0 aliphatic heterocycles. The summed E-state index contributed by atoms with van der Waals surface area (Å²) in [6, 6.07) is 15.2. The summed E-state index contributed by atoms with van der Waals surface area (Å²) in [6.07, 6.45) is 7.08. The Balaban J connectivity index is 1.68. The maximum Gasteiger partial charge on any atom is 0.255 e. The molecular formula is C20H16N4O. The fourth-order valence-electron chi connectivity index (χ4n) is 2.72. The molecule has 0 bridgehead atoms. The van der Waals surface area contributed by atoms with Crippen LogP contribution >= 0.6 is 0 Å². The molecule has 0 aliphatic rings. The van der Waals surface area contributed by atoms with Gasteiger partial charge in [0.2, 0.25) is 0 Å². The van der Waals surface area contributed by atoms with Crippen LogP contribution in [-0.4, -0.2) is 20.5 Å². The van der Waals surface area contributed by atoms with E-state index in [1.807, 2.05) is 49.4 Å². The van der Waals surface area contributed by atoms with Crippen molar-refractivity contribution in [1.82, 2.24) is 14.6 Å². The van der Waals surface area contributed by atoms with Crippen molar-refractivity contribution in [3.63, 3.8) is 0 Å². The molecule has 0 unspecified atom stereocenters. The van der Waals surface area contributed by atoms with Crippen LogP contribution in [0.1, 0.15) is 15.9 Å². The number of nitrogens with zero attached hydrogens (tertiary/aromatic N) is 3. The third kappa shape index (κ3) is 2.99. The second-order valence-electron chi connectivity index (χ2n) is 5.86. The minimum Gasteiger partial charge on any atom is -0.322 e. The van der Waals surface area contributed by atoms with Gasteiger partial charge in [0.25, 0.3) is 5.91 Å². The largest absolute Gasteiger partial charge is 0.322 e. The SMILES string of the molecule is Cc1ccc(NC(=O)c2ccn3ncc(-c4ccncc4)c3c2)cc1. The number of rotatable bonds is 3. The number of benzene rings is 1. The first-order valence-electron chi connectivity index (χ1n) is 7.96. The van der Waals surface area contributed by atoms with Gasteiger partial charge in [0.1, 0.15) is 0 Å². The standard InChI is InChI=1S/C20H16N4O/c1-14-2-4-17(5-3-14)23-20(25)16-8-11-24-19(12-16)18(13-22-24)15-6-9-21-10-7-15/h2-13H,1H3,(H,23,25). The monoisotopic (exact) mass is 328 g/mol. The number of amides is 1. The van der Waals surface area contributed by atoms with Crippen molar-refractivity contribution in [2.75, 3.05) is 5.32 Å². The molecule has 0 fully saturated rings. The Morgan fingerprint density at radius 1 is 1.04 bits per heavy atom. The van der Waals surface area contributed by atoms with Gasteiger partial charge in [-0.15, -0.1) is 0 Å². The van der Waals surface area contributed by atoms with Gasteiger partial charge in [-0.3, -0.25) is 9.78 Å². The van der Waals surface area contributed by atoms with Gasteiger partial charge in [0, 0.05) is 35.4 Å². The molecule has 4 rings (SSSR count). The van der Waals surface area contributed by atoms with E-state index >= 15 is 0 Å². The molecule has 0 spiro atoms. The van der Waals surface area contributed by atoms with E-state index in [2.05, 4.69) is 15.4 Å². The molecule has 3 heterocycles. The number of pyridine rings is 2. The van der Waals surface area contributed by atoms with Crippen molar-refractivity contribution in [2.45, 2.75) is 6.92 Å². The van der Waals surface area contributed by atoms with E-state index in [4.69, 9.17) is 0 Å². The molecule has 0 saturated carbocycles. The fraction of sp³-hybridized carbons (Fsp3) is 0.0500. The molecule has 1 amide bonds. The Kier molecular flexibility index (Phi) is 3.74. The van der Waals surface area contributed by atoms with Gasteiger partial charge in [-0.25, -0.2) is 4.52 Å². The van der Waals surface area contributed by atoms with Crippen LogP contribution in [-0.2, 0) is 0 Å². The van der Waals surface area contributed by atoms with Crippen LogP contribution in [0, 0.1) is 6.92 Å². The average Bonchev–Trinajstić information content (AvgIpc) is 3.07. The average molecular weight is 328 g/mol. The fourth-order valence-corrected chi connectivity index (χ4v) is 2.72. The topological polar surface area (TPSA) is 59.3 Å². The van der Waals surface area contributed by atoms with Gasteiger partial charge in [-0.1, -0.05) is 17.7 Å². The molecular weight excluding hydrogens is 312 g/mol. The Bertz CT molecular complexity index is 1040. The quantitative estimate of drug-likeness (QED) is 0.619. The lowest BCUT2D eigenvalue weighted by molar-refractivity contribution is 0.102. The third-order valence-corrected chi connectivity index (χ3v) is 4.08. The summed E-state index contributed by atoms with van der Waals surface area (Å²) in [7, 11) is 0. The molecule has 0 atom stereocenters. The zero-order chi connectivity index (χ0) is 17.2. The van der Waals surface area contributed by atoms with E-state index in [0.717, 1.165) is 27.9 Å². The summed E-state index contributed by atoms with van der Waals surface area (Å²) in [6.45, 7) is 2.01. The molecule has 1 aromatic carbocycles. The number of anilines is 1. The van der Waals surface area contributed by atoms with Crippen molar-refractivity contribution in [3.8, 4) is 11.1 Å². The summed E-state index contributed by atoms with van der Waals surface area (Å²) < 4.78 is 1.76. The van der Waals surface area contributed by atoms with Crippen LogP contribution in [0.4, 0.5) is 5.69 Å². The summed E-state index contributed by atoms with van der Waals surface area (Å²) in [4.78, 5) is 16.6. The third-order valence-electron chi connectivity index (χ3n) is 4.08. The molecule has 5 heteroatoms. The van der Waals surface area contributed by atoms with Crippen molar-refractivity contribution in [3.05, 3.63) is 84.4 Å². The van der Waals surface area contributed by atoms with E-state index in [1.54, 1.807) is 35.4 Å². The summed E-state index contributed by atoms with van der Waals surface area (Å²) in [5.74, 6) is -0.145. The van der Waals surface area contributed by atoms with E-state index < -0.39 is 0 Å². The smallest absolute Gasteiger partial charge is 0.255 e. The van der Waals surface area contributed by atoms with E-state index in [1.165, 1.54) is 0 Å². The van der Waals surface area contributed by atoms with Gasteiger partial charge in [-0.2, -0.15) is 5.10 Å². The van der Waals surface area contributed by atoms with E-state index in [9.17, 15) is 4.79 Å². The number of aromatic nitrogens is 3. The van der Waals surface area contributed by atoms with Gasteiger partial charge in [0.05, 0.1) is 11.7 Å².